The number of nitrogens with zero attached hydrogens (tertiary/aromatic N) is 2. The summed E-state index contributed by atoms with van der Waals surface area (Å²) in [4.78, 5) is 12.3. The van der Waals surface area contributed by atoms with E-state index in [9.17, 15) is 18.5 Å². The van der Waals surface area contributed by atoms with Crippen LogP contribution in [-0.4, -0.2) is 51.5 Å². The maximum absolute atomic E-state index is 13.1. The topological polar surface area (TPSA) is 99.5 Å². The van der Waals surface area contributed by atoms with Crippen LogP contribution in [-0.2, 0) is 19.6 Å². The Morgan fingerprint density at radius 3 is 2.78 bits per heavy atom. The van der Waals surface area contributed by atoms with E-state index in [1.807, 2.05) is 6.07 Å². The average molecular weight is 337 g/mol. The highest BCUT2D eigenvalue weighted by atomic mass is 32.2. The molecule has 23 heavy (non-hydrogen) atoms. The molecule has 7 nitrogen and oxygen atoms in total. The highest BCUT2D eigenvalue weighted by molar-refractivity contribution is 7.89. The van der Waals surface area contributed by atoms with E-state index >= 15 is 0 Å². The number of methoxy groups -OCH3 is 1. The zero-order chi connectivity index (χ0) is 17.1. The fourth-order valence-corrected chi connectivity index (χ4v) is 4.95. The minimum Gasteiger partial charge on any atom is -0.382 e. The van der Waals surface area contributed by atoms with Crippen molar-refractivity contribution < 1.29 is 17.9 Å². The molecule has 0 saturated carbocycles. The molecule has 1 fully saturated rings. The van der Waals surface area contributed by atoms with Crippen LogP contribution in [0.2, 0.25) is 0 Å². The van der Waals surface area contributed by atoms with Crippen molar-refractivity contribution in [3.8, 4) is 6.07 Å². The Hall–Kier alpha value is -1.95. The van der Waals surface area contributed by atoms with Gasteiger partial charge in [0.15, 0.2) is 0 Å². The predicted molar refractivity (Wildman–Crippen MR) is 83.0 cm³/mol. The van der Waals surface area contributed by atoms with Gasteiger partial charge in [0.1, 0.15) is 11.6 Å². The van der Waals surface area contributed by atoms with Crippen molar-refractivity contribution in [1.82, 2.24) is 9.62 Å². The van der Waals surface area contributed by atoms with E-state index in [-0.39, 0.29) is 23.6 Å². The van der Waals surface area contributed by atoms with Gasteiger partial charge in [0.25, 0.3) is 0 Å². The van der Waals surface area contributed by atoms with E-state index in [0.717, 1.165) is 0 Å². The van der Waals surface area contributed by atoms with Gasteiger partial charge in [0.05, 0.1) is 17.1 Å². The molecule has 8 heteroatoms. The van der Waals surface area contributed by atoms with E-state index in [4.69, 9.17) is 4.74 Å². The number of hydrogen-bond acceptors (Lipinski definition) is 5. The third kappa shape index (κ3) is 2.83. The van der Waals surface area contributed by atoms with E-state index < -0.39 is 21.5 Å². The summed E-state index contributed by atoms with van der Waals surface area (Å²) < 4.78 is 32.4. The molecule has 1 atom stereocenters. The smallest absolute Gasteiger partial charge is 0.245 e. The first-order valence-corrected chi connectivity index (χ1v) is 8.61. The zero-order valence-electron chi connectivity index (χ0n) is 13.1. The Morgan fingerprint density at radius 2 is 2.17 bits per heavy atom. The molecule has 1 aliphatic heterocycles. The SMILES string of the molecule is CNC(=O)C1(COC)CCCN1S(=O)(=O)c1ccccc1C#N. The Kier molecular flexibility index (Phi) is 5.04. The maximum atomic E-state index is 13.1. The number of sulfonamides is 1. The van der Waals surface area contributed by atoms with Gasteiger partial charge in [-0.15, -0.1) is 0 Å². The van der Waals surface area contributed by atoms with Crippen molar-refractivity contribution in [2.75, 3.05) is 27.3 Å². The first-order valence-electron chi connectivity index (χ1n) is 7.17. The van der Waals surface area contributed by atoms with Crippen molar-refractivity contribution >= 4 is 15.9 Å². The van der Waals surface area contributed by atoms with Gasteiger partial charge < -0.3 is 10.1 Å². The normalized spacial score (nSPS) is 21.8. The molecule has 0 aliphatic carbocycles. The molecule has 1 amide bonds. The van der Waals surface area contributed by atoms with Crippen LogP contribution in [0.15, 0.2) is 29.2 Å². The highest BCUT2D eigenvalue weighted by Gasteiger charge is 2.53. The van der Waals surface area contributed by atoms with Crippen LogP contribution in [0.1, 0.15) is 18.4 Å². The van der Waals surface area contributed by atoms with Crippen LogP contribution in [0, 0.1) is 11.3 Å². The second-order valence-corrected chi connectivity index (χ2v) is 7.16. The first-order chi connectivity index (χ1) is 10.9. The first kappa shape index (κ1) is 17.4. The number of amides is 1. The van der Waals surface area contributed by atoms with Gasteiger partial charge in [0, 0.05) is 20.7 Å². The summed E-state index contributed by atoms with van der Waals surface area (Å²) in [6.45, 7) is 0.166. The van der Waals surface area contributed by atoms with Gasteiger partial charge >= 0.3 is 0 Å². The second-order valence-electron chi connectivity index (χ2n) is 5.33. The average Bonchev–Trinajstić information content (AvgIpc) is 3.00. The molecule has 1 aromatic carbocycles. The third-order valence-corrected chi connectivity index (χ3v) is 6.06. The lowest BCUT2D eigenvalue weighted by Crippen LogP contribution is -2.59. The Morgan fingerprint density at radius 1 is 1.48 bits per heavy atom. The Balaban J connectivity index is 2.58. The fourth-order valence-electron chi connectivity index (χ4n) is 3.01. The number of rotatable bonds is 5. The second kappa shape index (κ2) is 6.66. The van der Waals surface area contributed by atoms with Gasteiger partial charge in [-0.1, -0.05) is 12.1 Å². The number of benzene rings is 1. The molecule has 1 aromatic rings. The van der Waals surface area contributed by atoms with Gasteiger partial charge in [0.2, 0.25) is 15.9 Å². The van der Waals surface area contributed by atoms with Crippen LogP contribution >= 0.6 is 0 Å². The van der Waals surface area contributed by atoms with E-state index in [0.29, 0.717) is 12.8 Å². The molecule has 1 unspecified atom stereocenters. The van der Waals surface area contributed by atoms with E-state index in [1.54, 1.807) is 12.1 Å². The van der Waals surface area contributed by atoms with E-state index in [2.05, 4.69) is 5.32 Å². The number of nitrogens with one attached hydrogen (secondary N) is 1. The standard InChI is InChI=1S/C15H19N3O4S/c1-17-14(19)15(11-22-2)8-5-9-18(15)23(20,21)13-7-4-3-6-12(13)10-16/h3-4,6-7H,5,8-9,11H2,1-2H3,(H,17,19). The molecule has 2 rings (SSSR count). The molecule has 1 saturated heterocycles. The number of likely N-dealkylation sites (N-methyl/N-ethyl adjacent to an activating group) is 1. The number of hydrogen-bond donors (Lipinski definition) is 1. The summed E-state index contributed by atoms with van der Waals surface area (Å²) >= 11 is 0. The van der Waals surface area contributed by atoms with Gasteiger partial charge in [-0.2, -0.15) is 9.57 Å². The van der Waals surface area contributed by atoms with Crippen molar-refractivity contribution in [2.24, 2.45) is 0 Å². The van der Waals surface area contributed by atoms with Crippen molar-refractivity contribution in [3.05, 3.63) is 29.8 Å². The molecule has 0 spiro atoms. The quantitative estimate of drug-likeness (QED) is 0.842. The molecular formula is C15H19N3O4S. The third-order valence-electron chi connectivity index (χ3n) is 4.04. The minimum atomic E-state index is -4.00. The highest BCUT2D eigenvalue weighted by Crippen LogP contribution is 2.36. The molecule has 1 N–H and O–H groups in total. The molecule has 124 valence electrons. The van der Waals surface area contributed by atoms with Crippen LogP contribution in [0.5, 0.6) is 0 Å². The largest absolute Gasteiger partial charge is 0.382 e. The molecule has 1 heterocycles. The minimum absolute atomic E-state index is 0.0410. The molecule has 0 radical (unpaired) electrons. The predicted octanol–water partition coefficient (Wildman–Crippen LogP) is 0.474. The summed E-state index contributed by atoms with van der Waals surface area (Å²) in [5.74, 6) is -0.408. The molecule has 0 aromatic heterocycles. The van der Waals surface area contributed by atoms with Crippen molar-refractivity contribution in [1.29, 1.82) is 5.26 Å². The molecule has 0 bridgehead atoms. The Bertz CT molecular complexity index is 741. The molecular weight excluding hydrogens is 318 g/mol. The van der Waals surface area contributed by atoms with Crippen LogP contribution in [0.25, 0.3) is 0 Å². The summed E-state index contributed by atoms with van der Waals surface area (Å²) in [6.07, 6.45) is 0.916. The van der Waals surface area contributed by atoms with Crippen LogP contribution in [0.4, 0.5) is 0 Å². The van der Waals surface area contributed by atoms with Crippen LogP contribution in [0.3, 0.4) is 0 Å². The van der Waals surface area contributed by atoms with Gasteiger partial charge in [-0.3, -0.25) is 4.79 Å². The molecule has 1 aliphatic rings. The summed E-state index contributed by atoms with van der Waals surface area (Å²) in [5.41, 5.74) is -1.23. The number of nitriles is 1. The summed E-state index contributed by atoms with van der Waals surface area (Å²) in [6, 6.07) is 7.88. The van der Waals surface area contributed by atoms with E-state index in [1.165, 1.54) is 30.6 Å². The lowest BCUT2D eigenvalue weighted by atomic mass is 9.97. The van der Waals surface area contributed by atoms with Gasteiger partial charge in [-0.05, 0) is 25.0 Å². The lowest BCUT2D eigenvalue weighted by Gasteiger charge is -2.35. The van der Waals surface area contributed by atoms with Crippen LogP contribution < -0.4 is 5.32 Å². The zero-order valence-corrected chi connectivity index (χ0v) is 13.9. The number of ether oxygens (including phenoxy) is 1. The fraction of sp³-hybridized carbons (Fsp3) is 0.467. The maximum Gasteiger partial charge on any atom is 0.245 e. The number of carbonyl (C=O) groups excluding carboxylic acids is 1. The number of carbonyl (C=O) groups is 1. The Labute approximate surface area is 135 Å². The van der Waals surface area contributed by atoms with Crippen molar-refractivity contribution in [2.45, 2.75) is 23.3 Å². The monoisotopic (exact) mass is 337 g/mol. The summed E-state index contributed by atoms with van der Waals surface area (Å²) in [5, 5.41) is 11.7. The lowest BCUT2D eigenvalue weighted by molar-refractivity contribution is -0.131. The van der Waals surface area contributed by atoms with Gasteiger partial charge in [-0.25, -0.2) is 8.42 Å². The summed E-state index contributed by atoms with van der Waals surface area (Å²) in [7, 11) is -1.10. The van der Waals surface area contributed by atoms with Crippen molar-refractivity contribution in [3.63, 3.8) is 0 Å².